The molecule has 0 fully saturated rings. The van der Waals surface area contributed by atoms with Crippen LogP contribution in [0.3, 0.4) is 0 Å². The van der Waals surface area contributed by atoms with Crippen molar-refractivity contribution in [2.75, 3.05) is 6.56 Å². The highest BCUT2D eigenvalue weighted by molar-refractivity contribution is 5.87. The third-order valence-corrected chi connectivity index (χ3v) is 1.32. The van der Waals surface area contributed by atoms with Crippen LogP contribution in [0.1, 0.15) is 33.2 Å². The molecule has 0 saturated carbocycles. The first-order valence-corrected chi connectivity index (χ1v) is 3.41. The molecule has 0 atom stereocenters. The average molecular weight is 187 g/mol. The molecular formula is C10H12O3. The minimum atomic E-state index is -3.23. The molecular weight excluding hydrogens is 168 g/mol. The van der Waals surface area contributed by atoms with Crippen LogP contribution in [-0.2, 0) is 0 Å². The smallest absolute Gasteiger partial charge is 0.335 e. The van der Waals surface area contributed by atoms with E-state index in [0.717, 1.165) is 24.3 Å². The Morgan fingerprint density at radius 2 is 2.31 bits per heavy atom. The number of benzene rings is 1. The van der Waals surface area contributed by atoms with Crippen LogP contribution in [0.2, 0.25) is 0 Å². The van der Waals surface area contributed by atoms with Crippen LogP contribution in [0.5, 0.6) is 5.75 Å². The number of rotatable bonds is 4. The van der Waals surface area contributed by atoms with Gasteiger partial charge < -0.3 is 9.84 Å². The molecule has 0 aromatic heterocycles. The van der Waals surface area contributed by atoms with E-state index in [1.165, 1.54) is 0 Å². The molecule has 0 bridgehead atoms. The van der Waals surface area contributed by atoms with Crippen molar-refractivity contribution in [1.29, 1.82) is 0 Å². The summed E-state index contributed by atoms with van der Waals surface area (Å²) in [5.41, 5.74) is -0.0586. The second kappa shape index (κ2) is 4.50. The molecule has 70 valence electrons. The standard InChI is InChI=1S/C10H12O3/c1-2-7-13-9-5-3-8(4-6-9)10(11)12/h3-6H,2,7H2,1H3,(H,11,12)/i1D3,2D2,7D2. The highest BCUT2D eigenvalue weighted by Crippen LogP contribution is 2.12. The quantitative estimate of drug-likeness (QED) is 0.785. The maximum atomic E-state index is 10.6. The molecule has 3 heteroatoms. The van der Waals surface area contributed by atoms with Crippen LogP contribution in [-0.4, -0.2) is 17.6 Å². The van der Waals surface area contributed by atoms with E-state index in [-0.39, 0.29) is 11.3 Å². The maximum absolute atomic E-state index is 10.6. The minimum absolute atomic E-state index is 0.0586. The predicted molar refractivity (Wildman–Crippen MR) is 49.2 cm³/mol. The Morgan fingerprint density at radius 1 is 1.62 bits per heavy atom. The summed E-state index contributed by atoms with van der Waals surface area (Å²) >= 11 is 0. The average Bonchev–Trinajstić information content (AvgIpc) is 2.27. The van der Waals surface area contributed by atoms with Gasteiger partial charge in [0, 0.05) is 6.85 Å². The lowest BCUT2D eigenvalue weighted by Gasteiger charge is -2.03. The molecule has 0 spiro atoms. The summed E-state index contributed by atoms with van der Waals surface area (Å²) in [7, 11) is 0. The molecule has 1 rings (SSSR count). The van der Waals surface area contributed by atoms with E-state index in [0.29, 0.717) is 0 Å². The zero-order chi connectivity index (χ0) is 15.8. The number of ether oxygens (including phenoxy) is 1. The summed E-state index contributed by atoms with van der Waals surface area (Å²) in [6.45, 7) is -6.32. The number of hydrogen-bond donors (Lipinski definition) is 1. The van der Waals surface area contributed by atoms with Gasteiger partial charge in [0.25, 0.3) is 0 Å². The van der Waals surface area contributed by atoms with Crippen molar-refractivity contribution in [3.8, 4) is 5.75 Å². The normalized spacial score (nSPS) is 20.8. The Kier molecular flexibility index (Phi) is 1.28. The van der Waals surface area contributed by atoms with E-state index in [9.17, 15) is 4.79 Å². The molecule has 1 aromatic carbocycles. The van der Waals surface area contributed by atoms with Crippen molar-refractivity contribution >= 4 is 5.97 Å². The largest absolute Gasteiger partial charge is 0.494 e. The summed E-state index contributed by atoms with van der Waals surface area (Å²) < 4.78 is 55.4. The molecule has 0 amide bonds. The lowest BCUT2D eigenvalue weighted by molar-refractivity contribution is 0.0697. The van der Waals surface area contributed by atoms with Crippen LogP contribution < -0.4 is 4.74 Å². The van der Waals surface area contributed by atoms with Gasteiger partial charge in [-0.15, -0.1) is 0 Å². The molecule has 0 unspecified atom stereocenters. The maximum Gasteiger partial charge on any atom is 0.335 e. The molecule has 0 saturated heterocycles. The second-order valence-corrected chi connectivity index (χ2v) is 2.16. The Balaban J connectivity index is 2.99. The monoisotopic (exact) mass is 187 g/mol. The Morgan fingerprint density at radius 3 is 2.85 bits per heavy atom. The van der Waals surface area contributed by atoms with Crippen molar-refractivity contribution < 1.29 is 24.2 Å². The fourth-order valence-corrected chi connectivity index (χ4v) is 0.750. The van der Waals surface area contributed by atoms with Crippen molar-refractivity contribution in [2.45, 2.75) is 13.2 Å². The summed E-state index contributed by atoms with van der Waals surface area (Å²) in [6.07, 6.45) is -3.23. The van der Waals surface area contributed by atoms with Crippen molar-refractivity contribution in [3.05, 3.63) is 29.8 Å². The molecule has 13 heavy (non-hydrogen) atoms. The Labute approximate surface area is 86.8 Å². The van der Waals surface area contributed by atoms with Gasteiger partial charge in [-0.3, -0.25) is 0 Å². The van der Waals surface area contributed by atoms with Gasteiger partial charge in [-0.1, -0.05) is 6.85 Å². The van der Waals surface area contributed by atoms with Crippen LogP contribution in [0, 0.1) is 0 Å². The number of carbonyl (C=O) groups is 1. The summed E-state index contributed by atoms with van der Waals surface area (Å²) in [5, 5.41) is 8.69. The van der Waals surface area contributed by atoms with E-state index in [4.69, 9.17) is 19.4 Å². The van der Waals surface area contributed by atoms with Crippen LogP contribution in [0.15, 0.2) is 24.3 Å². The molecule has 1 N–H and O–H groups in total. The van der Waals surface area contributed by atoms with Gasteiger partial charge in [0.2, 0.25) is 0 Å². The predicted octanol–water partition coefficient (Wildman–Crippen LogP) is 2.17. The topological polar surface area (TPSA) is 46.5 Å². The molecule has 0 aliphatic rings. The number of carboxylic acid groups (broad SMARTS) is 1. The third kappa shape index (κ3) is 2.78. The van der Waals surface area contributed by atoms with Crippen LogP contribution >= 0.6 is 0 Å². The van der Waals surface area contributed by atoms with E-state index < -0.39 is 25.8 Å². The fraction of sp³-hybridized carbons (Fsp3) is 0.300. The van der Waals surface area contributed by atoms with Gasteiger partial charge in [0.05, 0.1) is 14.9 Å². The second-order valence-electron chi connectivity index (χ2n) is 2.16. The van der Waals surface area contributed by atoms with Crippen molar-refractivity contribution in [3.63, 3.8) is 0 Å². The van der Waals surface area contributed by atoms with Gasteiger partial charge >= 0.3 is 5.97 Å². The lowest BCUT2D eigenvalue weighted by Crippen LogP contribution is -1.97. The van der Waals surface area contributed by atoms with E-state index in [1.54, 1.807) is 0 Å². The van der Waals surface area contributed by atoms with E-state index in [2.05, 4.69) is 0 Å². The summed E-state index contributed by atoms with van der Waals surface area (Å²) in [5.74, 6) is -1.36. The van der Waals surface area contributed by atoms with E-state index >= 15 is 0 Å². The van der Waals surface area contributed by atoms with Gasteiger partial charge in [-0.2, -0.15) is 0 Å². The minimum Gasteiger partial charge on any atom is -0.494 e. The summed E-state index contributed by atoms with van der Waals surface area (Å²) in [4.78, 5) is 10.6. The molecule has 0 aliphatic heterocycles. The zero-order valence-corrected chi connectivity index (χ0v) is 6.57. The van der Waals surface area contributed by atoms with Crippen LogP contribution in [0.4, 0.5) is 0 Å². The molecule has 3 nitrogen and oxygen atoms in total. The van der Waals surface area contributed by atoms with Gasteiger partial charge in [0.15, 0.2) is 0 Å². The third-order valence-electron chi connectivity index (χ3n) is 1.32. The Hall–Kier alpha value is -1.51. The molecule has 1 aromatic rings. The molecule has 0 aliphatic carbocycles. The fourth-order valence-electron chi connectivity index (χ4n) is 0.750. The van der Waals surface area contributed by atoms with Gasteiger partial charge in [-0.25, -0.2) is 4.79 Å². The van der Waals surface area contributed by atoms with Crippen molar-refractivity contribution in [1.82, 2.24) is 0 Å². The number of aromatic carboxylic acids is 1. The highest BCUT2D eigenvalue weighted by Gasteiger charge is 2.01. The lowest BCUT2D eigenvalue weighted by atomic mass is 10.2. The first-order valence-electron chi connectivity index (χ1n) is 6.91. The molecule has 0 heterocycles. The first kappa shape index (κ1) is 3.70. The Bertz CT molecular complexity index is 493. The first-order chi connectivity index (χ1) is 8.88. The number of carboxylic acids is 1. The molecule has 0 radical (unpaired) electrons. The van der Waals surface area contributed by atoms with Gasteiger partial charge in [0.1, 0.15) is 5.75 Å². The summed E-state index contributed by atoms with van der Waals surface area (Å²) in [6, 6.07) is 4.52. The van der Waals surface area contributed by atoms with Gasteiger partial charge in [-0.05, 0) is 30.6 Å². The number of hydrogen-bond acceptors (Lipinski definition) is 2. The van der Waals surface area contributed by atoms with Crippen LogP contribution in [0.25, 0.3) is 0 Å². The van der Waals surface area contributed by atoms with Crippen molar-refractivity contribution in [2.24, 2.45) is 0 Å². The van der Waals surface area contributed by atoms with E-state index in [1.807, 2.05) is 0 Å². The highest BCUT2D eigenvalue weighted by atomic mass is 16.5. The zero-order valence-electron chi connectivity index (χ0n) is 13.6. The SMILES string of the molecule is [2H]C([2H])([2H])C([2H])([2H])C([2H])([2H])Oc1ccc(C(=O)O)cc1.